The first-order chi connectivity index (χ1) is 11.2. The molecule has 116 valence electrons. The number of carbonyl (C=O) groups is 1. The minimum absolute atomic E-state index is 0.414. The van der Waals surface area contributed by atoms with Crippen LogP contribution in [0.1, 0.15) is 25.3 Å². The highest BCUT2D eigenvalue weighted by Crippen LogP contribution is 2.32. The van der Waals surface area contributed by atoms with Crippen LogP contribution in [0.4, 0.5) is 0 Å². The molecule has 0 atom stereocenters. The van der Waals surface area contributed by atoms with E-state index in [4.69, 9.17) is 4.74 Å². The van der Waals surface area contributed by atoms with Crippen LogP contribution in [-0.4, -0.2) is 5.97 Å². The third-order valence-electron chi connectivity index (χ3n) is 4.11. The highest BCUT2D eigenvalue weighted by Gasteiger charge is 2.12. The van der Waals surface area contributed by atoms with Crippen LogP contribution in [0.3, 0.4) is 0 Å². The number of benzene rings is 3. The standard InChI is InChI=1S/C21H20O2/c1-3-5-10-18-19-14-16-9-7-6-8-15(16)13-17(19)11-12-20(18)23-21(22)4-2/h4,6-9,11-14H,2-3,5,10H2,1H3. The topological polar surface area (TPSA) is 26.3 Å². The number of esters is 1. The van der Waals surface area contributed by atoms with Gasteiger partial charge in [0.1, 0.15) is 5.75 Å². The van der Waals surface area contributed by atoms with Crippen LogP contribution in [0, 0.1) is 0 Å². The first-order valence-electron chi connectivity index (χ1n) is 8.01. The van der Waals surface area contributed by atoms with Crippen molar-refractivity contribution in [2.75, 3.05) is 0 Å². The van der Waals surface area contributed by atoms with Crippen LogP contribution in [0.25, 0.3) is 21.5 Å². The second kappa shape index (κ2) is 6.66. The van der Waals surface area contributed by atoms with E-state index in [-0.39, 0.29) is 0 Å². The van der Waals surface area contributed by atoms with Crippen LogP contribution in [0.15, 0.2) is 61.2 Å². The summed E-state index contributed by atoms with van der Waals surface area (Å²) in [6.07, 6.45) is 4.25. The third-order valence-corrected chi connectivity index (χ3v) is 4.11. The maximum Gasteiger partial charge on any atom is 0.335 e. The van der Waals surface area contributed by atoms with Crippen LogP contribution >= 0.6 is 0 Å². The van der Waals surface area contributed by atoms with Crippen LogP contribution in [0.5, 0.6) is 5.75 Å². The summed E-state index contributed by atoms with van der Waals surface area (Å²) in [4.78, 5) is 11.6. The number of carbonyl (C=O) groups excluding carboxylic acids is 1. The molecule has 3 aromatic carbocycles. The number of hydrogen-bond acceptors (Lipinski definition) is 2. The molecule has 0 aliphatic heterocycles. The quantitative estimate of drug-likeness (QED) is 0.272. The molecule has 2 nitrogen and oxygen atoms in total. The lowest BCUT2D eigenvalue weighted by Crippen LogP contribution is -2.06. The van der Waals surface area contributed by atoms with Crippen molar-refractivity contribution in [3.8, 4) is 5.75 Å². The molecule has 3 rings (SSSR count). The van der Waals surface area contributed by atoms with Gasteiger partial charge in [-0.3, -0.25) is 0 Å². The van der Waals surface area contributed by atoms with E-state index in [1.54, 1.807) is 0 Å². The average Bonchev–Trinajstić information content (AvgIpc) is 2.59. The number of fused-ring (bicyclic) bond motifs is 2. The molecule has 0 saturated carbocycles. The van der Waals surface area contributed by atoms with Gasteiger partial charge in [-0.25, -0.2) is 4.79 Å². The van der Waals surface area contributed by atoms with Crippen molar-refractivity contribution in [1.29, 1.82) is 0 Å². The molecule has 3 aromatic rings. The Balaban J connectivity index is 2.21. The van der Waals surface area contributed by atoms with Crippen molar-refractivity contribution in [2.24, 2.45) is 0 Å². The predicted molar refractivity (Wildman–Crippen MR) is 95.9 cm³/mol. The first-order valence-corrected chi connectivity index (χ1v) is 8.01. The van der Waals surface area contributed by atoms with E-state index < -0.39 is 5.97 Å². The van der Waals surface area contributed by atoms with Crippen molar-refractivity contribution in [3.05, 3.63) is 66.7 Å². The number of unbranched alkanes of at least 4 members (excludes halogenated alkanes) is 1. The van der Waals surface area contributed by atoms with Gasteiger partial charge in [0.25, 0.3) is 0 Å². The Kier molecular flexibility index (Phi) is 4.42. The Labute approximate surface area is 136 Å². The summed E-state index contributed by atoms with van der Waals surface area (Å²) in [7, 11) is 0. The Morgan fingerprint density at radius 3 is 2.52 bits per heavy atom. The molecule has 23 heavy (non-hydrogen) atoms. The van der Waals surface area contributed by atoms with E-state index in [0.717, 1.165) is 30.2 Å². The molecule has 2 heteroatoms. The van der Waals surface area contributed by atoms with Crippen molar-refractivity contribution in [2.45, 2.75) is 26.2 Å². The zero-order chi connectivity index (χ0) is 16.2. The maximum atomic E-state index is 11.6. The summed E-state index contributed by atoms with van der Waals surface area (Å²) >= 11 is 0. The van der Waals surface area contributed by atoms with Gasteiger partial charge >= 0.3 is 5.97 Å². The smallest absolute Gasteiger partial charge is 0.335 e. The fourth-order valence-electron chi connectivity index (χ4n) is 2.91. The minimum atomic E-state index is -0.414. The van der Waals surface area contributed by atoms with Gasteiger partial charge in [0.05, 0.1) is 0 Å². The van der Waals surface area contributed by atoms with Gasteiger partial charge in [-0.1, -0.05) is 50.3 Å². The van der Waals surface area contributed by atoms with Gasteiger partial charge in [-0.2, -0.15) is 0 Å². The minimum Gasteiger partial charge on any atom is -0.423 e. The summed E-state index contributed by atoms with van der Waals surface area (Å²) in [5, 5.41) is 4.75. The molecule has 0 radical (unpaired) electrons. The van der Waals surface area contributed by atoms with Crippen molar-refractivity contribution < 1.29 is 9.53 Å². The second-order valence-corrected chi connectivity index (χ2v) is 5.69. The molecule has 0 saturated heterocycles. The Morgan fingerprint density at radius 1 is 1.09 bits per heavy atom. The highest BCUT2D eigenvalue weighted by atomic mass is 16.5. The molecule has 0 heterocycles. The lowest BCUT2D eigenvalue weighted by atomic mass is 9.96. The Morgan fingerprint density at radius 2 is 1.83 bits per heavy atom. The molecule has 0 aliphatic rings. The van der Waals surface area contributed by atoms with Gasteiger partial charge in [-0.15, -0.1) is 0 Å². The van der Waals surface area contributed by atoms with Crippen LogP contribution in [-0.2, 0) is 11.2 Å². The van der Waals surface area contributed by atoms with E-state index in [9.17, 15) is 4.79 Å². The molecule has 0 aliphatic carbocycles. The molecule has 0 fully saturated rings. The van der Waals surface area contributed by atoms with Crippen LogP contribution < -0.4 is 4.74 Å². The number of ether oxygens (including phenoxy) is 1. The van der Waals surface area contributed by atoms with E-state index in [1.165, 1.54) is 22.2 Å². The molecular weight excluding hydrogens is 284 g/mol. The zero-order valence-corrected chi connectivity index (χ0v) is 13.3. The SMILES string of the molecule is C=CC(=O)Oc1ccc2cc3ccccc3cc2c1CCCC. The molecule has 0 amide bonds. The first kappa shape index (κ1) is 15.3. The lowest BCUT2D eigenvalue weighted by molar-refractivity contribution is -0.129. The predicted octanol–water partition coefficient (Wildman–Crippen LogP) is 5.43. The molecule has 0 spiro atoms. The second-order valence-electron chi connectivity index (χ2n) is 5.69. The number of hydrogen-bond donors (Lipinski definition) is 0. The molecule has 0 N–H and O–H groups in total. The van der Waals surface area contributed by atoms with E-state index >= 15 is 0 Å². The number of aryl methyl sites for hydroxylation is 1. The Hall–Kier alpha value is -2.61. The average molecular weight is 304 g/mol. The van der Waals surface area contributed by atoms with Gasteiger partial charge in [0.2, 0.25) is 0 Å². The van der Waals surface area contributed by atoms with E-state index in [1.807, 2.05) is 24.3 Å². The van der Waals surface area contributed by atoms with Gasteiger partial charge in [0.15, 0.2) is 0 Å². The molecule has 0 aromatic heterocycles. The molecule has 0 unspecified atom stereocenters. The summed E-state index contributed by atoms with van der Waals surface area (Å²) in [5.74, 6) is 0.231. The van der Waals surface area contributed by atoms with Gasteiger partial charge < -0.3 is 4.74 Å². The summed E-state index contributed by atoms with van der Waals surface area (Å²) in [6, 6.07) is 16.6. The van der Waals surface area contributed by atoms with Crippen molar-refractivity contribution >= 4 is 27.5 Å². The zero-order valence-electron chi connectivity index (χ0n) is 13.3. The highest BCUT2D eigenvalue weighted by molar-refractivity contribution is 6.00. The van der Waals surface area contributed by atoms with E-state index in [0.29, 0.717) is 5.75 Å². The van der Waals surface area contributed by atoms with Crippen molar-refractivity contribution in [3.63, 3.8) is 0 Å². The number of rotatable bonds is 5. The molecule has 0 bridgehead atoms. The van der Waals surface area contributed by atoms with Gasteiger partial charge in [-0.05, 0) is 52.6 Å². The van der Waals surface area contributed by atoms with Crippen molar-refractivity contribution in [1.82, 2.24) is 0 Å². The largest absolute Gasteiger partial charge is 0.423 e. The monoisotopic (exact) mass is 304 g/mol. The normalized spacial score (nSPS) is 10.8. The lowest BCUT2D eigenvalue weighted by Gasteiger charge is -2.13. The summed E-state index contributed by atoms with van der Waals surface area (Å²) < 4.78 is 5.45. The summed E-state index contributed by atoms with van der Waals surface area (Å²) in [5.41, 5.74) is 1.10. The van der Waals surface area contributed by atoms with Crippen LogP contribution in [0.2, 0.25) is 0 Å². The van der Waals surface area contributed by atoms with Gasteiger partial charge in [0, 0.05) is 11.6 Å². The third kappa shape index (κ3) is 3.11. The Bertz CT molecular complexity index is 878. The van der Waals surface area contributed by atoms with E-state index in [2.05, 4.69) is 37.8 Å². The summed E-state index contributed by atoms with van der Waals surface area (Å²) in [6.45, 7) is 5.64. The molecular formula is C21H20O2. The fourth-order valence-corrected chi connectivity index (χ4v) is 2.91. The maximum absolute atomic E-state index is 11.6. The fraction of sp³-hybridized carbons (Fsp3) is 0.190.